The molecular weight excluding hydrogens is 360 g/mol. The summed E-state index contributed by atoms with van der Waals surface area (Å²) in [6.45, 7) is 3.45. The Balaban J connectivity index is 2.16. The molecule has 0 amide bonds. The van der Waals surface area contributed by atoms with Crippen LogP contribution < -0.4 is 0 Å². The van der Waals surface area contributed by atoms with Gasteiger partial charge in [0.05, 0.1) is 24.2 Å². The van der Waals surface area contributed by atoms with Crippen molar-refractivity contribution < 1.29 is 31.6 Å². The number of carbonyl (C=O) groups excluding carboxylic acids is 1. The monoisotopic (exact) mass is 386 g/mol. The van der Waals surface area contributed by atoms with Crippen LogP contribution in [0.4, 0.5) is 0 Å². The predicted molar refractivity (Wildman–Crippen MR) is 94.1 cm³/mol. The number of ether oxygens (including phenoxy) is 3. The van der Waals surface area contributed by atoms with Gasteiger partial charge in [0.25, 0.3) is 10.1 Å². The summed E-state index contributed by atoms with van der Waals surface area (Å²) in [5.41, 5.74) is 0.956. The van der Waals surface area contributed by atoms with Gasteiger partial charge in [-0.05, 0) is 19.1 Å². The van der Waals surface area contributed by atoms with Crippen molar-refractivity contribution in [2.24, 2.45) is 11.8 Å². The molecule has 1 aromatic carbocycles. The Hall–Kier alpha value is -1.48. The quantitative estimate of drug-likeness (QED) is 0.498. The second kappa shape index (κ2) is 8.94. The molecule has 146 valence electrons. The fraction of sp³-hybridized carbons (Fsp3) is 0.611. The minimum Gasteiger partial charge on any atom is -0.462 e. The Bertz CT molecular complexity index is 699. The molecule has 4 atom stereocenters. The zero-order valence-electron chi connectivity index (χ0n) is 15.5. The largest absolute Gasteiger partial charge is 0.462 e. The summed E-state index contributed by atoms with van der Waals surface area (Å²) in [5, 5.41) is 0. The lowest BCUT2D eigenvalue weighted by atomic mass is 9.95. The molecule has 1 aliphatic rings. The van der Waals surface area contributed by atoms with Crippen molar-refractivity contribution in [3.63, 3.8) is 0 Å². The van der Waals surface area contributed by atoms with Crippen molar-refractivity contribution in [1.29, 1.82) is 0 Å². The van der Waals surface area contributed by atoms with E-state index in [0.717, 1.165) is 5.56 Å². The standard InChI is InChI=1S/C18H26O7S/c1-12-5-7-14(8-6-12)26(20,21)24-11-16-15(10-22-3)17(23-4)9-18(16)25-13(2)19/h5-8,15-18H,9-11H2,1-4H3/t15-,16-,17-,18+/m0/s1. The third-order valence-electron chi connectivity index (χ3n) is 4.67. The highest BCUT2D eigenvalue weighted by Gasteiger charge is 2.46. The minimum absolute atomic E-state index is 0.0942. The van der Waals surface area contributed by atoms with Crippen molar-refractivity contribution >= 4 is 16.1 Å². The third kappa shape index (κ3) is 5.03. The van der Waals surface area contributed by atoms with Crippen LogP contribution in [0.15, 0.2) is 29.2 Å². The van der Waals surface area contributed by atoms with E-state index < -0.39 is 22.2 Å². The second-order valence-corrected chi connectivity index (χ2v) is 8.11. The van der Waals surface area contributed by atoms with E-state index in [-0.39, 0.29) is 29.4 Å². The van der Waals surface area contributed by atoms with Crippen LogP contribution in [0.25, 0.3) is 0 Å². The van der Waals surface area contributed by atoms with E-state index in [1.54, 1.807) is 26.4 Å². The van der Waals surface area contributed by atoms with Crippen LogP contribution in [0.3, 0.4) is 0 Å². The number of rotatable bonds is 8. The fourth-order valence-electron chi connectivity index (χ4n) is 3.35. The van der Waals surface area contributed by atoms with Gasteiger partial charge in [0.1, 0.15) is 6.10 Å². The molecule has 0 bridgehead atoms. The molecule has 1 aliphatic carbocycles. The van der Waals surface area contributed by atoms with Gasteiger partial charge in [-0.2, -0.15) is 8.42 Å². The number of methoxy groups -OCH3 is 2. The van der Waals surface area contributed by atoms with Crippen molar-refractivity contribution in [2.45, 2.75) is 37.4 Å². The molecule has 26 heavy (non-hydrogen) atoms. The highest BCUT2D eigenvalue weighted by Crippen LogP contribution is 2.37. The zero-order valence-corrected chi connectivity index (χ0v) is 16.3. The molecule has 0 spiro atoms. The van der Waals surface area contributed by atoms with Crippen LogP contribution >= 0.6 is 0 Å². The summed E-state index contributed by atoms with van der Waals surface area (Å²) in [5.74, 6) is -0.902. The van der Waals surface area contributed by atoms with E-state index in [0.29, 0.717) is 13.0 Å². The summed E-state index contributed by atoms with van der Waals surface area (Å²) >= 11 is 0. The summed E-state index contributed by atoms with van der Waals surface area (Å²) in [6.07, 6.45) is -0.205. The molecule has 8 heteroatoms. The first-order chi connectivity index (χ1) is 12.3. The Labute approximate surface area is 154 Å². The van der Waals surface area contributed by atoms with E-state index in [9.17, 15) is 13.2 Å². The molecular formula is C18H26O7S. The Kier molecular flexibility index (Phi) is 7.16. The molecule has 0 unspecified atom stereocenters. The van der Waals surface area contributed by atoms with Crippen molar-refractivity contribution in [3.05, 3.63) is 29.8 Å². The molecule has 0 N–H and O–H groups in total. The molecule has 0 aliphatic heterocycles. The molecule has 2 rings (SSSR count). The molecule has 1 saturated carbocycles. The first-order valence-electron chi connectivity index (χ1n) is 8.43. The highest BCUT2D eigenvalue weighted by molar-refractivity contribution is 7.86. The third-order valence-corrected chi connectivity index (χ3v) is 5.97. The van der Waals surface area contributed by atoms with Crippen molar-refractivity contribution in [3.8, 4) is 0 Å². The molecule has 7 nitrogen and oxygen atoms in total. The number of carbonyl (C=O) groups is 1. The van der Waals surface area contributed by atoms with Crippen molar-refractivity contribution in [1.82, 2.24) is 0 Å². The maximum atomic E-state index is 12.5. The summed E-state index contributed by atoms with van der Waals surface area (Å²) in [4.78, 5) is 11.5. The zero-order chi connectivity index (χ0) is 19.3. The summed E-state index contributed by atoms with van der Waals surface area (Å²) in [7, 11) is -0.765. The van der Waals surface area contributed by atoms with Gasteiger partial charge in [0.15, 0.2) is 0 Å². The van der Waals surface area contributed by atoms with Crippen molar-refractivity contribution in [2.75, 3.05) is 27.4 Å². The molecule has 0 saturated heterocycles. The lowest BCUT2D eigenvalue weighted by Gasteiger charge is -2.25. The van der Waals surface area contributed by atoms with E-state index >= 15 is 0 Å². The lowest BCUT2D eigenvalue weighted by Crippen LogP contribution is -2.33. The first-order valence-corrected chi connectivity index (χ1v) is 9.84. The highest BCUT2D eigenvalue weighted by atomic mass is 32.2. The second-order valence-electron chi connectivity index (χ2n) is 6.49. The predicted octanol–water partition coefficient (Wildman–Crippen LogP) is 1.93. The Morgan fingerprint density at radius 3 is 2.23 bits per heavy atom. The van der Waals surface area contributed by atoms with Gasteiger partial charge in [-0.3, -0.25) is 8.98 Å². The Morgan fingerprint density at radius 2 is 1.69 bits per heavy atom. The average molecular weight is 386 g/mol. The smallest absolute Gasteiger partial charge is 0.302 e. The summed E-state index contributed by atoms with van der Waals surface area (Å²) < 4.78 is 46.3. The maximum absolute atomic E-state index is 12.5. The Morgan fingerprint density at radius 1 is 1.08 bits per heavy atom. The van der Waals surface area contributed by atoms with Gasteiger partial charge in [-0.15, -0.1) is 0 Å². The van der Waals surface area contributed by atoms with E-state index in [2.05, 4.69) is 0 Å². The van der Waals surface area contributed by atoms with Crippen LogP contribution in [-0.4, -0.2) is 54.0 Å². The normalized spacial score (nSPS) is 26.0. The van der Waals surface area contributed by atoms with Gasteiger partial charge in [0.2, 0.25) is 0 Å². The van der Waals surface area contributed by atoms with Crippen LogP contribution in [0, 0.1) is 18.8 Å². The number of aryl methyl sites for hydroxylation is 1. The molecule has 0 radical (unpaired) electrons. The van der Waals surface area contributed by atoms with E-state index in [4.69, 9.17) is 18.4 Å². The van der Waals surface area contributed by atoms with E-state index in [1.807, 2.05) is 6.92 Å². The van der Waals surface area contributed by atoms with Gasteiger partial charge < -0.3 is 14.2 Å². The van der Waals surface area contributed by atoms with Gasteiger partial charge in [-0.25, -0.2) is 0 Å². The fourth-order valence-corrected chi connectivity index (χ4v) is 4.29. The average Bonchev–Trinajstić information content (AvgIpc) is 2.90. The lowest BCUT2D eigenvalue weighted by molar-refractivity contribution is -0.149. The van der Waals surface area contributed by atoms with Crippen LogP contribution in [-0.2, 0) is 33.3 Å². The van der Waals surface area contributed by atoms with Crippen LogP contribution in [0.1, 0.15) is 18.9 Å². The van der Waals surface area contributed by atoms with Gasteiger partial charge >= 0.3 is 5.97 Å². The number of benzene rings is 1. The van der Waals surface area contributed by atoms with E-state index in [1.165, 1.54) is 19.1 Å². The summed E-state index contributed by atoms with van der Waals surface area (Å²) in [6, 6.07) is 6.44. The minimum atomic E-state index is -3.90. The van der Waals surface area contributed by atoms with Gasteiger partial charge in [-0.1, -0.05) is 17.7 Å². The molecule has 1 fully saturated rings. The number of hydrogen-bond acceptors (Lipinski definition) is 7. The number of esters is 1. The first kappa shape index (κ1) is 20.8. The van der Waals surface area contributed by atoms with Gasteiger partial charge in [0, 0.05) is 39.4 Å². The molecule has 1 aromatic rings. The number of hydrogen-bond donors (Lipinski definition) is 0. The maximum Gasteiger partial charge on any atom is 0.302 e. The van der Waals surface area contributed by atoms with Crippen LogP contribution in [0.2, 0.25) is 0 Å². The van der Waals surface area contributed by atoms with Crippen LogP contribution in [0.5, 0.6) is 0 Å². The SMILES string of the molecule is COC[C@H]1[C@H](COS(=O)(=O)c2ccc(C)cc2)[C@H](OC(C)=O)C[C@@H]1OC. The topological polar surface area (TPSA) is 88.1 Å². The molecule has 0 heterocycles. The molecule has 0 aromatic heterocycles.